The van der Waals surface area contributed by atoms with Crippen molar-refractivity contribution in [3.8, 4) is 0 Å². The lowest BCUT2D eigenvalue weighted by Crippen LogP contribution is -2.23. The molecular formula is C11H13N7O4. The van der Waals surface area contributed by atoms with Gasteiger partial charge in [-0.2, -0.15) is 10.2 Å². The lowest BCUT2D eigenvalue weighted by molar-refractivity contribution is -0.385. The molecule has 3 N–H and O–H groups in total. The number of anilines is 1. The van der Waals surface area contributed by atoms with E-state index in [1.54, 1.807) is 0 Å². The molecule has 2 rings (SSSR count). The topological polar surface area (TPSA) is 151 Å². The molecule has 2 aromatic rings. The van der Waals surface area contributed by atoms with E-state index >= 15 is 0 Å². The second kappa shape index (κ2) is 5.63. The molecule has 0 aliphatic carbocycles. The fraction of sp³-hybridized carbons (Fsp3) is 0.273. The number of nitro groups is 1. The first-order chi connectivity index (χ1) is 10.3. The molecule has 11 nitrogen and oxygen atoms in total. The van der Waals surface area contributed by atoms with E-state index in [2.05, 4.69) is 15.5 Å². The number of nitrogens with zero attached hydrogens (tertiary/aromatic N) is 5. The molecule has 0 saturated carbocycles. The molecule has 0 fully saturated rings. The highest BCUT2D eigenvalue weighted by Crippen LogP contribution is 2.17. The molecule has 0 radical (unpaired) electrons. The van der Waals surface area contributed by atoms with Crippen LogP contribution in [-0.2, 0) is 18.4 Å². The molecule has 2 aromatic heterocycles. The van der Waals surface area contributed by atoms with Crippen molar-refractivity contribution in [2.75, 3.05) is 5.32 Å². The van der Waals surface area contributed by atoms with Crippen molar-refractivity contribution in [3.05, 3.63) is 33.9 Å². The largest absolute Gasteiger partial charge is 0.364 e. The molecule has 0 saturated heterocycles. The van der Waals surface area contributed by atoms with Gasteiger partial charge in [0.25, 0.3) is 5.91 Å². The number of aryl methyl sites for hydroxylation is 1. The van der Waals surface area contributed by atoms with Gasteiger partial charge in [0.15, 0.2) is 0 Å². The number of carbonyl (C=O) groups excluding carboxylic acids is 2. The first-order valence-corrected chi connectivity index (χ1v) is 6.09. The van der Waals surface area contributed by atoms with Gasteiger partial charge in [-0.25, -0.2) is 0 Å². The van der Waals surface area contributed by atoms with E-state index in [0.29, 0.717) is 0 Å². The number of nitrogens with one attached hydrogen (secondary N) is 1. The summed E-state index contributed by atoms with van der Waals surface area (Å²) in [6.07, 6.45) is 2.36. The Labute approximate surface area is 123 Å². The van der Waals surface area contributed by atoms with Crippen LogP contribution in [0.2, 0.25) is 0 Å². The molecule has 2 heterocycles. The summed E-state index contributed by atoms with van der Waals surface area (Å²) in [6, 6.07) is 0. The van der Waals surface area contributed by atoms with E-state index in [4.69, 9.17) is 5.73 Å². The molecule has 2 amide bonds. The molecule has 0 aliphatic rings. The Balaban J connectivity index is 2.14. The zero-order valence-corrected chi connectivity index (χ0v) is 11.8. The van der Waals surface area contributed by atoms with Crippen LogP contribution in [0.5, 0.6) is 0 Å². The monoisotopic (exact) mass is 307 g/mol. The van der Waals surface area contributed by atoms with Gasteiger partial charge < -0.3 is 11.1 Å². The van der Waals surface area contributed by atoms with Gasteiger partial charge in [0.2, 0.25) is 5.91 Å². The zero-order valence-electron chi connectivity index (χ0n) is 11.8. The number of nitrogens with two attached hydrogens (primary N) is 1. The van der Waals surface area contributed by atoms with Gasteiger partial charge in [0.1, 0.15) is 24.1 Å². The van der Waals surface area contributed by atoms with Crippen LogP contribution in [0.25, 0.3) is 0 Å². The summed E-state index contributed by atoms with van der Waals surface area (Å²) in [5.74, 6) is -1.25. The van der Waals surface area contributed by atoms with Crippen molar-refractivity contribution in [2.45, 2.75) is 13.5 Å². The van der Waals surface area contributed by atoms with E-state index in [1.807, 2.05) is 0 Å². The minimum Gasteiger partial charge on any atom is -0.364 e. The maximum absolute atomic E-state index is 12.0. The van der Waals surface area contributed by atoms with E-state index in [1.165, 1.54) is 29.5 Å². The number of rotatable bonds is 5. The fourth-order valence-corrected chi connectivity index (χ4v) is 1.92. The predicted octanol–water partition coefficient (Wildman–Crippen LogP) is -0.429. The van der Waals surface area contributed by atoms with Crippen LogP contribution >= 0.6 is 0 Å². The maximum Gasteiger partial charge on any atom is 0.309 e. The van der Waals surface area contributed by atoms with Crippen molar-refractivity contribution in [1.82, 2.24) is 19.6 Å². The van der Waals surface area contributed by atoms with Crippen LogP contribution in [0, 0.1) is 17.0 Å². The van der Waals surface area contributed by atoms with Crippen LogP contribution in [0.3, 0.4) is 0 Å². The molecule has 0 aromatic carbocycles. The standard InChI is InChI=1S/C11H13N7O4/c1-6-8(18(21)22)4-14-17(6)5-9(19)15-7-3-13-16(2)10(7)11(12)20/h3-4H,5H2,1-2H3,(H2,12,20)(H,15,19). The number of primary amides is 1. The van der Waals surface area contributed by atoms with Gasteiger partial charge in [-0.3, -0.25) is 29.1 Å². The van der Waals surface area contributed by atoms with Gasteiger partial charge in [0.05, 0.1) is 16.8 Å². The maximum atomic E-state index is 12.0. The molecule has 0 spiro atoms. The smallest absolute Gasteiger partial charge is 0.309 e. The Morgan fingerprint density at radius 2 is 2.09 bits per heavy atom. The van der Waals surface area contributed by atoms with Gasteiger partial charge >= 0.3 is 5.69 Å². The number of hydrogen-bond acceptors (Lipinski definition) is 6. The average molecular weight is 307 g/mol. The Morgan fingerprint density at radius 3 is 2.64 bits per heavy atom. The molecule has 116 valence electrons. The summed E-state index contributed by atoms with van der Waals surface area (Å²) in [6.45, 7) is 1.24. The molecule has 0 aliphatic heterocycles. The highest BCUT2D eigenvalue weighted by molar-refractivity contribution is 6.01. The molecule has 22 heavy (non-hydrogen) atoms. The Hall–Kier alpha value is -3.24. The van der Waals surface area contributed by atoms with Crippen molar-refractivity contribution in [3.63, 3.8) is 0 Å². The molecule has 0 bridgehead atoms. The number of carbonyl (C=O) groups is 2. The lowest BCUT2D eigenvalue weighted by Gasteiger charge is -2.06. The summed E-state index contributed by atoms with van der Waals surface area (Å²) in [5.41, 5.74) is 5.50. The normalized spacial score (nSPS) is 10.5. The highest BCUT2D eigenvalue weighted by Gasteiger charge is 2.20. The average Bonchev–Trinajstić information content (AvgIpc) is 2.94. The Kier molecular flexibility index (Phi) is 3.88. The third kappa shape index (κ3) is 2.77. The van der Waals surface area contributed by atoms with Crippen molar-refractivity contribution in [1.29, 1.82) is 0 Å². The van der Waals surface area contributed by atoms with Crippen LogP contribution in [0.15, 0.2) is 12.4 Å². The van der Waals surface area contributed by atoms with E-state index in [0.717, 1.165) is 6.20 Å². The third-order valence-corrected chi connectivity index (χ3v) is 3.01. The summed E-state index contributed by atoms with van der Waals surface area (Å²) in [4.78, 5) is 33.4. The summed E-state index contributed by atoms with van der Waals surface area (Å²) >= 11 is 0. The van der Waals surface area contributed by atoms with Gasteiger partial charge in [-0.05, 0) is 6.92 Å². The lowest BCUT2D eigenvalue weighted by atomic mass is 10.3. The zero-order chi connectivity index (χ0) is 16.4. The third-order valence-electron chi connectivity index (χ3n) is 3.01. The van der Waals surface area contributed by atoms with E-state index in [-0.39, 0.29) is 29.3 Å². The minimum absolute atomic E-state index is 0.0523. The quantitative estimate of drug-likeness (QED) is 0.565. The minimum atomic E-state index is -0.735. The number of hydrogen-bond donors (Lipinski definition) is 2. The van der Waals surface area contributed by atoms with Crippen molar-refractivity contribution < 1.29 is 14.5 Å². The fourth-order valence-electron chi connectivity index (χ4n) is 1.92. The molecule has 0 unspecified atom stereocenters. The summed E-state index contributed by atoms with van der Waals surface area (Å²) < 4.78 is 2.43. The molecule has 11 heteroatoms. The number of aromatic nitrogens is 4. The Bertz CT molecular complexity index is 761. The van der Waals surface area contributed by atoms with Gasteiger partial charge in [-0.15, -0.1) is 0 Å². The van der Waals surface area contributed by atoms with Crippen LogP contribution < -0.4 is 11.1 Å². The SMILES string of the molecule is Cc1c([N+](=O)[O-])cnn1CC(=O)Nc1cnn(C)c1C(N)=O. The predicted molar refractivity (Wildman–Crippen MR) is 74.0 cm³/mol. The first-order valence-electron chi connectivity index (χ1n) is 6.09. The summed E-state index contributed by atoms with van der Waals surface area (Å²) in [5, 5.41) is 20.8. The van der Waals surface area contributed by atoms with Gasteiger partial charge in [-0.1, -0.05) is 0 Å². The highest BCUT2D eigenvalue weighted by atomic mass is 16.6. The second-order valence-electron chi connectivity index (χ2n) is 4.47. The van der Waals surface area contributed by atoms with E-state index in [9.17, 15) is 19.7 Å². The first kappa shape index (κ1) is 15.2. The molecular weight excluding hydrogens is 294 g/mol. The van der Waals surface area contributed by atoms with Crippen molar-refractivity contribution >= 4 is 23.2 Å². The van der Waals surface area contributed by atoms with E-state index < -0.39 is 16.7 Å². The van der Waals surface area contributed by atoms with Crippen molar-refractivity contribution in [2.24, 2.45) is 12.8 Å². The van der Waals surface area contributed by atoms with Crippen LogP contribution in [0.4, 0.5) is 11.4 Å². The van der Waals surface area contributed by atoms with Crippen LogP contribution in [0.1, 0.15) is 16.2 Å². The van der Waals surface area contributed by atoms with Crippen LogP contribution in [-0.4, -0.2) is 36.3 Å². The summed E-state index contributed by atoms with van der Waals surface area (Å²) in [7, 11) is 1.51. The second-order valence-corrected chi connectivity index (χ2v) is 4.47. The Morgan fingerprint density at radius 1 is 1.41 bits per heavy atom. The van der Waals surface area contributed by atoms with Gasteiger partial charge in [0, 0.05) is 7.05 Å². The molecule has 0 atom stereocenters. The number of amides is 2.